The van der Waals surface area contributed by atoms with Crippen LogP contribution in [-0.2, 0) is 19.1 Å². The van der Waals surface area contributed by atoms with Crippen molar-refractivity contribution in [1.29, 1.82) is 0 Å². The second kappa shape index (κ2) is 6.48. The zero-order valence-corrected chi connectivity index (χ0v) is 9.75. The maximum Gasteiger partial charge on any atom is 0.330 e. The van der Waals surface area contributed by atoms with Crippen molar-refractivity contribution < 1.29 is 19.1 Å². The Balaban J connectivity index is 2.85. The summed E-state index contributed by atoms with van der Waals surface area (Å²) in [5, 5.41) is 0. The monoisotopic (exact) mass is 234 g/mol. The third-order valence-electron chi connectivity index (χ3n) is 2.03. The van der Waals surface area contributed by atoms with Gasteiger partial charge in [0, 0.05) is 13.0 Å². The molecule has 0 bridgehead atoms. The molecule has 0 aliphatic rings. The number of carbonyl (C=O) groups excluding carboxylic acids is 2. The van der Waals surface area contributed by atoms with E-state index in [1.807, 2.05) is 30.3 Å². The summed E-state index contributed by atoms with van der Waals surface area (Å²) >= 11 is 0. The van der Waals surface area contributed by atoms with Crippen LogP contribution in [0.1, 0.15) is 18.6 Å². The Kier molecular flexibility index (Phi) is 4.94. The van der Waals surface area contributed by atoms with Gasteiger partial charge in [-0.2, -0.15) is 0 Å². The molecule has 4 heteroatoms. The molecule has 1 unspecified atom stereocenters. The predicted molar refractivity (Wildman–Crippen MR) is 62.1 cm³/mol. The lowest BCUT2D eigenvalue weighted by atomic mass is 10.1. The van der Waals surface area contributed by atoms with Crippen LogP contribution < -0.4 is 0 Å². The SMILES string of the molecule is COC(=O)/C=C/C(OC(C)=O)c1ccccc1. The van der Waals surface area contributed by atoms with Crippen LogP contribution in [0.3, 0.4) is 0 Å². The average Bonchev–Trinajstić information content (AvgIpc) is 2.34. The van der Waals surface area contributed by atoms with Crippen LogP contribution in [0, 0.1) is 0 Å². The molecule has 1 aromatic rings. The van der Waals surface area contributed by atoms with Crippen LogP contribution in [0.15, 0.2) is 42.5 Å². The van der Waals surface area contributed by atoms with Crippen molar-refractivity contribution in [2.24, 2.45) is 0 Å². The molecule has 0 radical (unpaired) electrons. The highest BCUT2D eigenvalue weighted by molar-refractivity contribution is 5.82. The van der Waals surface area contributed by atoms with Crippen molar-refractivity contribution in [2.45, 2.75) is 13.0 Å². The van der Waals surface area contributed by atoms with Gasteiger partial charge in [0.1, 0.15) is 6.10 Å². The second-order valence-electron chi connectivity index (χ2n) is 3.32. The Morgan fingerprint density at radius 1 is 1.24 bits per heavy atom. The van der Waals surface area contributed by atoms with E-state index in [1.54, 1.807) is 0 Å². The predicted octanol–water partition coefficient (Wildman–Crippen LogP) is 2.02. The maximum atomic E-state index is 11.0. The molecule has 17 heavy (non-hydrogen) atoms. The van der Waals surface area contributed by atoms with E-state index in [1.165, 1.54) is 26.2 Å². The number of benzene rings is 1. The van der Waals surface area contributed by atoms with E-state index < -0.39 is 18.0 Å². The van der Waals surface area contributed by atoms with Gasteiger partial charge in [0.15, 0.2) is 0 Å². The minimum atomic E-state index is -0.576. The molecule has 0 spiro atoms. The van der Waals surface area contributed by atoms with Crippen LogP contribution >= 0.6 is 0 Å². The summed E-state index contributed by atoms with van der Waals surface area (Å²) in [7, 11) is 1.29. The fourth-order valence-electron chi connectivity index (χ4n) is 1.27. The summed E-state index contributed by atoms with van der Waals surface area (Å²) in [6, 6.07) is 9.15. The van der Waals surface area contributed by atoms with Crippen molar-refractivity contribution in [3.63, 3.8) is 0 Å². The molecular formula is C13H14O4. The molecule has 0 amide bonds. The minimum absolute atomic E-state index is 0.409. The molecule has 0 fully saturated rings. The van der Waals surface area contributed by atoms with Gasteiger partial charge in [-0.25, -0.2) is 4.79 Å². The number of carbonyl (C=O) groups is 2. The van der Waals surface area contributed by atoms with Gasteiger partial charge in [-0.15, -0.1) is 0 Å². The first-order valence-electron chi connectivity index (χ1n) is 5.12. The normalized spacial score (nSPS) is 12.1. The quantitative estimate of drug-likeness (QED) is 0.590. The van der Waals surface area contributed by atoms with Crippen LogP contribution in [0.2, 0.25) is 0 Å². The lowest BCUT2D eigenvalue weighted by Crippen LogP contribution is -2.07. The van der Waals surface area contributed by atoms with Gasteiger partial charge in [0.05, 0.1) is 7.11 Å². The highest BCUT2D eigenvalue weighted by Gasteiger charge is 2.11. The van der Waals surface area contributed by atoms with E-state index in [-0.39, 0.29) is 0 Å². The van der Waals surface area contributed by atoms with Gasteiger partial charge in [0.2, 0.25) is 0 Å². The summed E-state index contributed by atoms with van der Waals surface area (Å²) in [5.74, 6) is -0.897. The summed E-state index contributed by atoms with van der Waals surface area (Å²) in [6.07, 6.45) is 2.15. The maximum absolute atomic E-state index is 11.0. The Morgan fingerprint density at radius 3 is 2.41 bits per heavy atom. The molecular weight excluding hydrogens is 220 g/mol. The Morgan fingerprint density at radius 2 is 1.88 bits per heavy atom. The lowest BCUT2D eigenvalue weighted by Gasteiger charge is -2.13. The van der Waals surface area contributed by atoms with Crippen molar-refractivity contribution >= 4 is 11.9 Å². The number of rotatable bonds is 4. The van der Waals surface area contributed by atoms with Crippen molar-refractivity contribution in [3.05, 3.63) is 48.0 Å². The van der Waals surface area contributed by atoms with Crippen LogP contribution in [0.5, 0.6) is 0 Å². The molecule has 0 heterocycles. The molecule has 4 nitrogen and oxygen atoms in total. The van der Waals surface area contributed by atoms with Gasteiger partial charge in [-0.05, 0) is 11.6 Å². The van der Waals surface area contributed by atoms with Crippen molar-refractivity contribution in [3.8, 4) is 0 Å². The van der Waals surface area contributed by atoms with Gasteiger partial charge < -0.3 is 9.47 Å². The van der Waals surface area contributed by atoms with Crippen molar-refractivity contribution in [1.82, 2.24) is 0 Å². The zero-order chi connectivity index (χ0) is 12.7. The topological polar surface area (TPSA) is 52.6 Å². The zero-order valence-electron chi connectivity index (χ0n) is 9.75. The smallest absolute Gasteiger partial charge is 0.330 e. The van der Waals surface area contributed by atoms with E-state index in [0.29, 0.717) is 0 Å². The van der Waals surface area contributed by atoms with Crippen LogP contribution in [-0.4, -0.2) is 19.0 Å². The third-order valence-corrected chi connectivity index (χ3v) is 2.03. The Bertz CT molecular complexity index is 409. The minimum Gasteiger partial charge on any atom is -0.466 e. The molecule has 0 N–H and O–H groups in total. The van der Waals surface area contributed by atoms with Crippen LogP contribution in [0.4, 0.5) is 0 Å². The van der Waals surface area contributed by atoms with E-state index in [2.05, 4.69) is 4.74 Å². The Labute approximate surface area is 99.8 Å². The largest absolute Gasteiger partial charge is 0.466 e. The van der Waals surface area contributed by atoms with Crippen molar-refractivity contribution in [2.75, 3.05) is 7.11 Å². The molecule has 0 saturated heterocycles. The number of hydrogen-bond donors (Lipinski definition) is 0. The highest BCUT2D eigenvalue weighted by atomic mass is 16.5. The van der Waals surface area contributed by atoms with Gasteiger partial charge in [-0.3, -0.25) is 4.79 Å². The summed E-state index contributed by atoms with van der Waals surface area (Å²) in [6.45, 7) is 1.32. The second-order valence-corrected chi connectivity index (χ2v) is 3.32. The number of esters is 2. The standard InChI is InChI=1S/C13H14O4/c1-10(14)17-12(8-9-13(15)16-2)11-6-4-3-5-7-11/h3-9,12H,1-2H3/b9-8+. The Hall–Kier alpha value is -2.10. The number of methoxy groups -OCH3 is 1. The molecule has 90 valence electrons. The first-order chi connectivity index (χ1) is 8.13. The van der Waals surface area contributed by atoms with Gasteiger partial charge in [0.25, 0.3) is 0 Å². The molecule has 0 aliphatic carbocycles. The fourth-order valence-corrected chi connectivity index (χ4v) is 1.27. The first kappa shape index (κ1) is 13.0. The molecule has 1 rings (SSSR count). The molecule has 1 atom stereocenters. The first-order valence-corrected chi connectivity index (χ1v) is 5.12. The highest BCUT2D eigenvalue weighted by Crippen LogP contribution is 2.18. The number of hydrogen-bond acceptors (Lipinski definition) is 4. The van der Waals surface area contributed by atoms with E-state index in [0.717, 1.165) is 5.56 Å². The molecule has 1 aromatic carbocycles. The van der Waals surface area contributed by atoms with E-state index in [4.69, 9.17) is 4.74 Å². The summed E-state index contributed by atoms with van der Waals surface area (Å²) in [4.78, 5) is 22.0. The molecule has 0 aromatic heterocycles. The molecule has 0 saturated carbocycles. The average molecular weight is 234 g/mol. The van der Waals surface area contributed by atoms with E-state index in [9.17, 15) is 9.59 Å². The van der Waals surface area contributed by atoms with E-state index >= 15 is 0 Å². The molecule has 0 aliphatic heterocycles. The summed E-state index contributed by atoms with van der Waals surface area (Å²) in [5.41, 5.74) is 0.794. The van der Waals surface area contributed by atoms with Crippen LogP contribution in [0.25, 0.3) is 0 Å². The summed E-state index contributed by atoms with van der Waals surface area (Å²) < 4.78 is 9.57. The third kappa shape index (κ3) is 4.51. The lowest BCUT2D eigenvalue weighted by molar-refractivity contribution is -0.144. The fraction of sp³-hybridized carbons (Fsp3) is 0.231. The van der Waals surface area contributed by atoms with Gasteiger partial charge >= 0.3 is 11.9 Å². The number of ether oxygens (including phenoxy) is 2. The van der Waals surface area contributed by atoms with Gasteiger partial charge in [-0.1, -0.05) is 30.3 Å².